The molecule has 0 N–H and O–H groups in total. The molecular weight excluding hydrogens is 396 g/mol. The second-order valence-electron chi connectivity index (χ2n) is 7.88. The molecule has 9 nitrogen and oxygen atoms in total. The minimum absolute atomic E-state index is 0.245. The summed E-state index contributed by atoms with van der Waals surface area (Å²) in [5.74, 6) is 2.18. The van der Waals surface area contributed by atoms with Gasteiger partial charge < -0.3 is 19.3 Å². The smallest absolute Gasteiger partial charge is 0.409 e. The van der Waals surface area contributed by atoms with Gasteiger partial charge in [0.2, 0.25) is 0 Å². The largest absolute Gasteiger partial charge is 0.495 e. The van der Waals surface area contributed by atoms with E-state index < -0.39 is 0 Å². The summed E-state index contributed by atoms with van der Waals surface area (Å²) in [5.41, 5.74) is 3.06. The van der Waals surface area contributed by atoms with Crippen LogP contribution in [0.4, 0.5) is 10.6 Å². The molecule has 9 heteroatoms. The Morgan fingerprint density at radius 3 is 2.68 bits per heavy atom. The van der Waals surface area contributed by atoms with E-state index in [2.05, 4.69) is 30.6 Å². The highest BCUT2D eigenvalue weighted by atomic mass is 16.6. The lowest BCUT2D eigenvalue weighted by Gasteiger charge is -2.35. The molecule has 0 bridgehead atoms. The second-order valence-corrected chi connectivity index (χ2v) is 7.88. The second kappa shape index (κ2) is 8.05. The minimum atomic E-state index is -0.245. The summed E-state index contributed by atoms with van der Waals surface area (Å²) in [6, 6.07) is 1.96. The summed E-state index contributed by atoms with van der Waals surface area (Å²) in [7, 11) is 1.64. The van der Waals surface area contributed by atoms with Gasteiger partial charge in [0.05, 0.1) is 37.2 Å². The Balaban J connectivity index is 1.52. The summed E-state index contributed by atoms with van der Waals surface area (Å²) >= 11 is 0. The van der Waals surface area contributed by atoms with Gasteiger partial charge >= 0.3 is 6.09 Å². The van der Waals surface area contributed by atoms with Crippen LogP contribution >= 0.6 is 0 Å². The molecule has 3 aromatic heterocycles. The zero-order valence-corrected chi connectivity index (χ0v) is 17.8. The lowest BCUT2D eigenvalue weighted by molar-refractivity contribution is 0.105. The van der Waals surface area contributed by atoms with Crippen molar-refractivity contribution in [1.29, 1.82) is 0 Å². The molecule has 162 valence electrons. The minimum Gasteiger partial charge on any atom is -0.495 e. The fourth-order valence-electron chi connectivity index (χ4n) is 4.18. The number of carbonyl (C=O) groups is 1. The number of piperazine rings is 1. The van der Waals surface area contributed by atoms with Crippen LogP contribution in [0.3, 0.4) is 0 Å². The summed E-state index contributed by atoms with van der Waals surface area (Å²) in [4.78, 5) is 29.7. The van der Waals surface area contributed by atoms with E-state index in [0.29, 0.717) is 44.5 Å². The van der Waals surface area contributed by atoms with Gasteiger partial charge in [0.1, 0.15) is 23.5 Å². The SMILES string of the molecule is CCOC(=O)N1CCN(c2ncnc3c2c(C2CC2)cn3-c2cncc(OC)c2)CC1. The number of rotatable bonds is 5. The monoisotopic (exact) mass is 422 g/mol. The van der Waals surface area contributed by atoms with Gasteiger partial charge in [-0.1, -0.05) is 0 Å². The van der Waals surface area contributed by atoms with Gasteiger partial charge in [-0.25, -0.2) is 14.8 Å². The topological polar surface area (TPSA) is 85.6 Å². The van der Waals surface area contributed by atoms with Crippen LogP contribution < -0.4 is 9.64 Å². The first kappa shape index (κ1) is 19.6. The quantitative estimate of drug-likeness (QED) is 0.625. The maximum Gasteiger partial charge on any atom is 0.409 e. The van der Waals surface area contributed by atoms with E-state index in [-0.39, 0.29) is 6.09 Å². The highest BCUT2D eigenvalue weighted by molar-refractivity contribution is 5.93. The lowest BCUT2D eigenvalue weighted by Crippen LogP contribution is -2.49. The van der Waals surface area contributed by atoms with Crippen molar-refractivity contribution in [1.82, 2.24) is 24.4 Å². The van der Waals surface area contributed by atoms with Crippen molar-refractivity contribution in [3.05, 3.63) is 36.5 Å². The Morgan fingerprint density at radius 1 is 1.16 bits per heavy atom. The van der Waals surface area contributed by atoms with Crippen molar-refractivity contribution >= 4 is 22.9 Å². The maximum absolute atomic E-state index is 12.1. The first-order chi connectivity index (χ1) is 15.2. The highest BCUT2D eigenvalue weighted by Crippen LogP contribution is 2.46. The molecule has 3 aromatic rings. The number of nitrogens with zero attached hydrogens (tertiary/aromatic N) is 6. The van der Waals surface area contributed by atoms with Gasteiger partial charge in [0.25, 0.3) is 0 Å². The van der Waals surface area contributed by atoms with Crippen LogP contribution in [0.2, 0.25) is 0 Å². The van der Waals surface area contributed by atoms with Crippen LogP contribution in [0.5, 0.6) is 5.75 Å². The van der Waals surface area contributed by atoms with Crippen molar-refractivity contribution in [2.75, 3.05) is 44.8 Å². The average Bonchev–Trinajstić information content (AvgIpc) is 3.59. The molecule has 0 radical (unpaired) electrons. The Morgan fingerprint density at radius 2 is 1.97 bits per heavy atom. The standard InChI is InChI=1S/C22H26N6O3/c1-3-31-22(29)27-8-6-26(7-9-27)20-19-18(15-4-5-15)13-28(21(19)25-14-24-20)16-10-17(30-2)12-23-11-16/h10-15H,3-9H2,1-2H3. The van der Waals surface area contributed by atoms with E-state index in [1.54, 1.807) is 24.5 Å². The Bertz CT molecular complexity index is 1100. The molecule has 31 heavy (non-hydrogen) atoms. The molecule has 0 aromatic carbocycles. The van der Waals surface area contributed by atoms with E-state index in [1.807, 2.05) is 19.2 Å². The van der Waals surface area contributed by atoms with Crippen molar-refractivity contribution in [3.8, 4) is 11.4 Å². The Labute approximate surface area is 180 Å². The molecule has 0 unspecified atom stereocenters. The predicted molar refractivity (Wildman–Crippen MR) is 116 cm³/mol. The first-order valence-electron chi connectivity index (χ1n) is 10.7. The number of anilines is 1. The maximum atomic E-state index is 12.1. The van der Waals surface area contributed by atoms with E-state index in [4.69, 9.17) is 9.47 Å². The third-order valence-corrected chi connectivity index (χ3v) is 5.93. The summed E-state index contributed by atoms with van der Waals surface area (Å²) in [5, 5.41) is 1.09. The van der Waals surface area contributed by atoms with Crippen LogP contribution in [0, 0.1) is 0 Å². The van der Waals surface area contributed by atoms with E-state index in [9.17, 15) is 4.79 Å². The summed E-state index contributed by atoms with van der Waals surface area (Å²) in [6.07, 6.45) is 9.42. The number of hydrogen-bond acceptors (Lipinski definition) is 7. The Hall–Kier alpha value is -3.36. The number of pyridine rings is 1. The molecule has 1 aliphatic carbocycles. The molecule has 5 rings (SSSR count). The van der Waals surface area contributed by atoms with Gasteiger partial charge in [-0.3, -0.25) is 9.55 Å². The van der Waals surface area contributed by atoms with Crippen LogP contribution in [-0.4, -0.2) is 70.4 Å². The molecule has 1 aliphatic heterocycles. The van der Waals surface area contributed by atoms with Crippen molar-refractivity contribution in [2.45, 2.75) is 25.7 Å². The van der Waals surface area contributed by atoms with Crippen molar-refractivity contribution in [2.24, 2.45) is 0 Å². The number of methoxy groups -OCH3 is 1. The molecular formula is C22H26N6O3. The van der Waals surface area contributed by atoms with Gasteiger partial charge in [-0.15, -0.1) is 0 Å². The van der Waals surface area contributed by atoms with Crippen LogP contribution in [-0.2, 0) is 4.74 Å². The summed E-state index contributed by atoms with van der Waals surface area (Å²) in [6.45, 7) is 4.87. The molecule has 1 saturated carbocycles. The lowest BCUT2D eigenvalue weighted by atomic mass is 10.1. The number of hydrogen-bond donors (Lipinski definition) is 0. The van der Waals surface area contributed by atoms with Crippen molar-refractivity contribution in [3.63, 3.8) is 0 Å². The number of fused-ring (bicyclic) bond motifs is 1. The highest BCUT2D eigenvalue weighted by Gasteiger charge is 2.32. The van der Waals surface area contributed by atoms with E-state index in [0.717, 1.165) is 22.5 Å². The summed E-state index contributed by atoms with van der Waals surface area (Å²) < 4.78 is 12.6. The number of ether oxygens (including phenoxy) is 2. The molecule has 0 atom stereocenters. The first-order valence-corrected chi connectivity index (χ1v) is 10.7. The van der Waals surface area contributed by atoms with Gasteiger partial charge in [-0.2, -0.15) is 0 Å². The fraction of sp³-hybridized carbons (Fsp3) is 0.455. The molecule has 2 fully saturated rings. The van der Waals surface area contributed by atoms with Crippen LogP contribution in [0.25, 0.3) is 16.7 Å². The molecule has 1 saturated heterocycles. The van der Waals surface area contributed by atoms with Crippen LogP contribution in [0.1, 0.15) is 31.2 Å². The third kappa shape index (κ3) is 3.64. The molecule has 0 spiro atoms. The zero-order valence-electron chi connectivity index (χ0n) is 17.8. The number of aromatic nitrogens is 4. The Kier molecular flexibility index (Phi) is 5.09. The predicted octanol–water partition coefficient (Wildman–Crippen LogP) is 2.98. The van der Waals surface area contributed by atoms with E-state index >= 15 is 0 Å². The van der Waals surface area contributed by atoms with Gasteiger partial charge in [0.15, 0.2) is 0 Å². The van der Waals surface area contributed by atoms with E-state index in [1.165, 1.54) is 18.4 Å². The van der Waals surface area contributed by atoms with Crippen molar-refractivity contribution < 1.29 is 14.3 Å². The zero-order chi connectivity index (χ0) is 21.4. The third-order valence-electron chi connectivity index (χ3n) is 5.93. The fourth-order valence-corrected chi connectivity index (χ4v) is 4.18. The molecule has 2 aliphatic rings. The van der Waals surface area contributed by atoms with Gasteiger partial charge in [0, 0.05) is 38.4 Å². The normalized spacial score (nSPS) is 16.6. The molecule has 1 amide bonds. The van der Waals surface area contributed by atoms with Gasteiger partial charge in [-0.05, 0) is 31.2 Å². The molecule has 4 heterocycles. The average molecular weight is 422 g/mol. The number of carbonyl (C=O) groups excluding carboxylic acids is 1. The number of amides is 1. The van der Waals surface area contributed by atoms with Crippen LogP contribution in [0.15, 0.2) is 31.0 Å².